The zero-order valence-electron chi connectivity index (χ0n) is 15.2. The molecule has 0 saturated carbocycles. The minimum absolute atomic E-state index is 0.121. The molecule has 1 aliphatic rings. The van der Waals surface area contributed by atoms with E-state index in [1.54, 1.807) is 15.7 Å². The van der Waals surface area contributed by atoms with Crippen molar-refractivity contribution in [1.82, 2.24) is 14.7 Å². The lowest BCUT2D eigenvalue weighted by Crippen LogP contribution is -2.44. The molecule has 1 saturated heterocycles. The Morgan fingerprint density at radius 1 is 1.25 bits per heavy atom. The van der Waals surface area contributed by atoms with Gasteiger partial charge in [-0.2, -0.15) is 5.10 Å². The molecule has 2 heterocycles. The maximum Gasteiger partial charge on any atom is 0.331 e. The topological polar surface area (TPSA) is 64.4 Å². The summed E-state index contributed by atoms with van der Waals surface area (Å²) < 4.78 is 6.86. The van der Waals surface area contributed by atoms with Gasteiger partial charge in [-0.05, 0) is 38.2 Å². The van der Waals surface area contributed by atoms with Gasteiger partial charge in [-0.1, -0.05) is 13.8 Å². The minimum atomic E-state index is -0.510. The molecule has 1 fully saturated rings. The van der Waals surface area contributed by atoms with E-state index in [2.05, 4.69) is 18.9 Å². The number of esters is 1. The number of piperidine rings is 1. The van der Waals surface area contributed by atoms with Crippen LogP contribution in [0.4, 0.5) is 0 Å². The number of carbonyl (C=O) groups is 2. The molecule has 0 radical (unpaired) electrons. The van der Waals surface area contributed by atoms with Gasteiger partial charge in [0.25, 0.3) is 5.91 Å². The van der Waals surface area contributed by atoms with Crippen LogP contribution in [0.25, 0.3) is 6.08 Å². The van der Waals surface area contributed by atoms with Gasteiger partial charge in [-0.15, -0.1) is 0 Å². The van der Waals surface area contributed by atoms with E-state index in [-0.39, 0.29) is 12.5 Å². The van der Waals surface area contributed by atoms with Crippen molar-refractivity contribution in [3.05, 3.63) is 23.0 Å². The van der Waals surface area contributed by atoms with Gasteiger partial charge in [-0.3, -0.25) is 9.48 Å². The normalized spacial score (nSPS) is 21.3. The summed E-state index contributed by atoms with van der Waals surface area (Å²) in [6, 6.07) is 0. The number of hydrogen-bond donors (Lipinski definition) is 0. The molecule has 1 aromatic heterocycles. The van der Waals surface area contributed by atoms with Gasteiger partial charge in [0.05, 0.1) is 5.69 Å². The molecule has 1 aromatic rings. The van der Waals surface area contributed by atoms with Crippen molar-refractivity contribution in [3.63, 3.8) is 0 Å². The highest BCUT2D eigenvalue weighted by Crippen LogP contribution is 2.21. The van der Waals surface area contributed by atoms with Crippen LogP contribution in [-0.2, 0) is 21.4 Å². The monoisotopic (exact) mass is 333 g/mol. The molecule has 0 unspecified atom stereocenters. The van der Waals surface area contributed by atoms with E-state index in [0.29, 0.717) is 11.8 Å². The third kappa shape index (κ3) is 4.46. The Hall–Kier alpha value is -2.11. The first kappa shape index (κ1) is 18.2. The van der Waals surface area contributed by atoms with Crippen molar-refractivity contribution >= 4 is 18.0 Å². The Morgan fingerprint density at radius 2 is 1.88 bits per heavy atom. The van der Waals surface area contributed by atoms with Gasteiger partial charge in [0.15, 0.2) is 6.61 Å². The summed E-state index contributed by atoms with van der Waals surface area (Å²) in [7, 11) is 1.86. The van der Waals surface area contributed by atoms with Gasteiger partial charge in [0, 0.05) is 37.5 Å². The molecule has 0 aromatic carbocycles. The van der Waals surface area contributed by atoms with Crippen LogP contribution < -0.4 is 0 Å². The predicted octanol–water partition coefficient (Wildman–Crippen LogP) is 2.10. The van der Waals surface area contributed by atoms with Gasteiger partial charge in [0.2, 0.25) is 0 Å². The molecule has 132 valence electrons. The fraction of sp³-hybridized carbons (Fsp3) is 0.611. The number of aromatic nitrogens is 2. The number of likely N-dealkylation sites (tertiary alicyclic amines) is 1. The molecular weight excluding hydrogens is 306 g/mol. The van der Waals surface area contributed by atoms with E-state index in [9.17, 15) is 9.59 Å². The lowest BCUT2D eigenvalue weighted by molar-refractivity contribution is -0.149. The number of aryl methyl sites for hydroxylation is 2. The van der Waals surface area contributed by atoms with Crippen LogP contribution in [0.3, 0.4) is 0 Å². The van der Waals surface area contributed by atoms with Crippen molar-refractivity contribution in [2.45, 2.75) is 34.1 Å². The quantitative estimate of drug-likeness (QED) is 0.625. The molecule has 0 N–H and O–H groups in total. The summed E-state index contributed by atoms with van der Waals surface area (Å²) in [4.78, 5) is 25.8. The Kier molecular flexibility index (Phi) is 5.80. The Balaban J connectivity index is 1.86. The molecule has 0 aliphatic carbocycles. The molecule has 0 spiro atoms. The zero-order valence-corrected chi connectivity index (χ0v) is 15.2. The number of amides is 1. The van der Waals surface area contributed by atoms with E-state index in [1.807, 2.05) is 20.9 Å². The first-order valence-electron chi connectivity index (χ1n) is 8.40. The highest BCUT2D eigenvalue weighted by molar-refractivity contribution is 5.89. The van der Waals surface area contributed by atoms with Gasteiger partial charge in [0.1, 0.15) is 0 Å². The first-order valence-corrected chi connectivity index (χ1v) is 8.40. The van der Waals surface area contributed by atoms with Crippen LogP contribution in [0.1, 0.15) is 37.2 Å². The number of rotatable bonds is 4. The van der Waals surface area contributed by atoms with E-state index in [0.717, 1.165) is 36.5 Å². The molecule has 6 nitrogen and oxygen atoms in total. The highest BCUT2D eigenvalue weighted by Gasteiger charge is 2.25. The molecule has 6 heteroatoms. The molecular formula is C18H27N3O3. The van der Waals surface area contributed by atoms with Crippen LogP contribution in [0.5, 0.6) is 0 Å². The second-order valence-corrected chi connectivity index (χ2v) is 6.89. The summed E-state index contributed by atoms with van der Waals surface area (Å²) in [6.07, 6.45) is 4.18. The summed E-state index contributed by atoms with van der Waals surface area (Å²) in [5, 5.41) is 4.29. The second kappa shape index (κ2) is 7.64. The Bertz CT molecular complexity index is 638. The third-order valence-electron chi connectivity index (χ3n) is 4.51. The Morgan fingerprint density at radius 3 is 2.42 bits per heavy atom. The standard InChI is InChI=1S/C18H27N3O3/c1-12-8-13(2)10-21(9-12)17(22)11-24-18(23)7-6-16-14(3)19-20(5)15(16)4/h6-7,12-13H,8-11H2,1-5H3/b7-6+/t12-,13-/m0/s1. The van der Waals surface area contributed by atoms with E-state index in [1.165, 1.54) is 6.08 Å². The summed E-state index contributed by atoms with van der Waals surface area (Å²) in [6.45, 7) is 9.39. The smallest absolute Gasteiger partial charge is 0.331 e. The number of ether oxygens (including phenoxy) is 1. The molecule has 1 amide bonds. The summed E-state index contributed by atoms with van der Waals surface area (Å²) in [5.74, 6) is 0.350. The van der Waals surface area contributed by atoms with Crippen molar-refractivity contribution in [2.75, 3.05) is 19.7 Å². The van der Waals surface area contributed by atoms with E-state index < -0.39 is 5.97 Å². The van der Waals surface area contributed by atoms with Crippen LogP contribution in [-0.4, -0.2) is 46.3 Å². The highest BCUT2D eigenvalue weighted by atomic mass is 16.5. The van der Waals surface area contributed by atoms with Gasteiger partial charge < -0.3 is 9.64 Å². The number of carbonyl (C=O) groups excluding carboxylic acids is 2. The van der Waals surface area contributed by atoms with Crippen LogP contribution in [0, 0.1) is 25.7 Å². The largest absolute Gasteiger partial charge is 0.452 e. The summed E-state index contributed by atoms with van der Waals surface area (Å²) >= 11 is 0. The van der Waals surface area contributed by atoms with Gasteiger partial charge in [-0.25, -0.2) is 4.79 Å². The zero-order chi connectivity index (χ0) is 17.9. The van der Waals surface area contributed by atoms with Crippen molar-refractivity contribution in [3.8, 4) is 0 Å². The number of nitrogens with zero attached hydrogens (tertiary/aromatic N) is 3. The van der Waals surface area contributed by atoms with Crippen LogP contribution in [0.2, 0.25) is 0 Å². The van der Waals surface area contributed by atoms with Crippen molar-refractivity contribution in [2.24, 2.45) is 18.9 Å². The maximum absolute atomic E-state index is 12.2. The van der Waals surface area contributed by atoms with E-state index >= 15 is 0 Å². The van der Waals surface area contributed by atoms with Crippen molar-refractivity contribution < 1.29 is 14.3 Å². The average Bonchev–Trinajstić information content (AvgIpc) is 2.74. The predicted molar refractivity (Wildman–Crippen MR) is 92.2 cm³/mol. The summed E-state index contributed by atoms with van der Waals surface area (Å²) in [5.41, 5.74) is 2.73. The molecule has 1 aliphatic heterocycles. The third-order valence-corrected chi connectivity index (χ3v) is 4.51. The maximum atomic E-state index is 12.2. The minimum Gasteiger partial charge on any atom is -0.452 e. The van der Waals surface area contributed by atoms with Crippen LogP contribution in [0.15, 0.2) is 6.08 Å². The fourth-order valence-electron chi connectivity index (χ4n) is 3.32. The average molecular weight is 333 g/mol. The molecule has 0 bridgehead atoms. The lowest BCUT2D eigenvalue weighted by Gasteiger charge is -2.34. The lowest BCUT2D eigenvalue weighted by atomic mass is 9.92. The second-order valence-electron chi connectivity index (χ2n) is 6.89. The number of hydrogen-bond acceptors (Lipinski definition) is 4. The molecule has 24 heavy (non-hydrogen) atoms. The van der Waals surface area contributed by atoms with Crippen molar-refractivity contribution in [1.29, 1.82) is 0 Å². The van der Waals surface area contributed by atoms with Gasteiger partial charge >= 0.3 is 5.97 Å². The molecule has 2 atom stereocenters. The van der Waals surface area contributed by atoms with Crippen LogP contribution >= 0.6 is 0 Å². The molecule has 2 rings (SSSR count). The Labute approximate surface area is 143 Å². The first-order chi connectivity index (χ1) is 11.3. The SMILES string of the molecule is Cc1nn(C)c(C)c1/C=C/C(=O)OCC(=O)N1C[C@@H](C)C[C@H](C)C1. The van der Waals surface area contributed by atoms with E-state index in [4.69, 9.17) is 4.74 Å². The fourth-order valence-corrected chi connectivity index (χ4v) is 3.32.